The molecular weight excluding hydrogens is 334 g/mol. The van der Waals surface area contributed by atoms with Crippen LogP contribution in [0.15, 0.2) is 29.2 Å². The monoisotopic (exact) mass is 358 g/mol. The molecule has 0 spiro atoms. The molecule has 0 atom stereocenters. The third-order valence-corrected chi connectivity index (χ3v) is 4.54. The normalized spacial score (nSPS) is 17.2. The fraction of sp³-hybridized carbons (Fsp3) is 0.588. The van der Waals surface area contributed by atoms with Gasteiger partial charge in [-0.3, -0.25) is 9.69 Å². The summed E-state index contributed by atoms with van der Waals surface area (Å²) < 4.78 is 24.7. The zero-order chi connectivity index (χ0) is 17.7. The fourth-order valence-electron chi connectivity index (χ4n) is 2.84. The number of amides is 1. The Morgan fingerprint density at radius 1 is 1.21 bits per heavy atom. The van der Waals surface area contributed by atoms with E-state index in [-0.39, 0.29) is 5.91 Å². The third-order valence-electron chi connectivity index (χ3n) is 3.81. The lowest BCUT2D eigenvalue weighted by Gasteiger charge is -2.27. The number of rotatable bonds is 5. The van der Waals surface area contributed by atoms with Gasteiger partial charge in [0.05, 0.1) is 5.60 Å². The fourth-order valence-corrected chi connectivity index (χ4v) is 3.34. The van der Waals surface area contributed by atoms with E-state index in [2.05, 4.69) is 4.90 Å². The standard InChI is InChI=1S/C17H24F2N2O2S/c1-17(2,23)12-20-8-3-9-21(11-10-20)15(22)13-4-6-14(7-5-13)24-16(18)19/h4-7,16,23H,3,8-12H2,1-2H3. The van der Waals surface area contributed by atoms with E-state index < -0.39 is 11.4 Å². The molecule has 1 aliphatic heterocycles. The number of carbonyl (C=O) groups is 1. The molecule has 2 rings (SSSR count). The smallest absolute Gasteiger partial charge is 0.288 e. The summed E-state index contributed by atoms with van der Waals surface area (Å²) in [7, 11) is 0. The summed E-state index contributed by atoms with van der Waals surface area (Å²) >= 11 is 0.475. The van der Waals surface area contributed by atoms with Gasteiger partial charge in [0.15, 0.2) is 0 Å². The minimum atomic E-state index is -2.46. The Balaban J connectivity index is 1.95. The van der Waals surface area contributed by atoms with E-state index in [1.165, 1.54) is 0 Å². The maximum absolute atomic E-state index is 12.6. The van der Waals surface area contributed by atoms with Crippen molar-refractivity contribution in [3.63, 3.8) is 0 Å². The van der Waals surface area contributed by atoms with Crippen LogP contribution in [0.3, 0.4) is 0 Å². The van der Waals surface area contributed by atoms with E-state index in [1.807, 2.05) is 0 Å². The summed E-state index contributed by atoms with van der Waals surface area (Å²) in [5.74, 6) is -2.53. The van der Waals surface area contributed by atoms with Crippen LogP contribution in [0.2, 0.25) is 0 Å². The zero-order valence-electron chi connectivity index (χ0n) is 14.0. The Labute approximate surface area is 145 Å². The van der Waals surface area contributed by atoms with E-state index >= 15 is 0 Å². The number of aliphatic hydroxyl groups is 1. The number of halogens is 2. The molecule has 134 valence electrons. The number of hydrogen-bond donors (Lipinski definition) is 1. The average molecular weight is 358 g/mol. The van der Waals surface area contributed by atoms with Crippen molar-refractivity contribution in [2.45, 2.75) is 36.5 Å². The highest BCUT2D eigenvalue weighted by atomic mass is 32.2. The van der Waals surface area contributed by atoms with Crippen molar-refractivity contribution in [2.75, 3.05) is 32.7 Å². The first-order chi connectivity index (χ1) is 11.2. The number of nitrogens with zero attached hydrogens (tertiary/aromatic N) is 2. The van der Waals surface area contributed by atoms with Crippen molar-refractivity contribution < 1.29 is 18.7 Å². The predicted molar refractivity (Wildman–Crippen MR) is 91.6 cm³/mol. The SMILES string of the molecule is CC(C)(O)CN1CCCN(C(=O)c2ccc(SC(F)F)cc2)CC1. The van der Waals surface area contributed by atoms with Gasteiger partial charge in [-0.05, 0) is 44.5 Å². The zero-order valence-corrected chi connectivity index (χ0v) is 14.9. The highest BCUT2D eigenvalue weighted by Gasteiger charge is 2.23. The van der Waals surface area contributed by atoms with Gasteiger partial charge in [0.2, 0.25) is 0 Å². The second kappa shape index (κ2) is 8.27. The van der Waals surface area contributed by atoms with Crippen LogP contribution in [0, 0.1) is 0 Å². The Kier molecular flexibility index (Phi) is 6.60. The van der Waals surface area contributed by atoms with Gasteiger partial charge in [0.25, 0.3) is 11.7 Å². The molecule has 1 fully saturated rings. The molecule has 0 radical (unpaired) electrons. The van der Waals surface area contributed by atoms with E-state index in [0.717, 1.165) is 19.5 Å². The van der Waals surface area contributed by atoms with Crippen molar-refractivity contribution in [2.24, 2.45) is 0 Å². The number of alkyl halides is 2. The van der Waals surface area contributed by atoms with E-state index in [9.17, 15) is 18.7 Å². The van der Waals surface area contributed by atoms with Crippen LogP contribution in [-0.2, 0) is 0 Å². The third kappa shape index (κ3) is 6.03. The number of benzene rings is 1. The molecule has 4 nitrogen and oxygen atoms in total. The molecular formula is C17H24F2N2O2S. The highest BCUT2D eigenvalue weighted by Crippen LogP contribution is 2.25. The van der Waals surface area contributed by atoms with Gasteiger partial charge in [0, 0.05) is 43.2 Å². The summed E-state index contributed by atoms with van der Waals surface area (Å²) in [5.41, 5.74) is -0.234. The molecule has 7 heteroatoms. The number of β-amino-alcohol motifs (C(OH)–C–C–N with tert-alkyl or cyclic N) is 1. The summed E-state index contributed by atoms with van der Waals surface area (Å²) in [6.45, 7) is 6.96. The molecule has 1 N–H and O–H groups in total. The average Bonchev–Trinajstić information content (AvgIpc) is 2.70. The molecule has 0 saturated carbocycles. The Morgan fingerprint density at radius 3 is 2.46 bits per heavy atom. The highest BCUT2D eigenvalue weighted by molar-refractivity contribution is 7.99. The van der Waals surface area contributed by atoms with Gasteiger partial charge in [-0.25, -0.2) is 0 Å². The summed E-state index contributed by atoms with van der Waals surface area (Å²) in [6, 6.07) is 6.32. The van der Waals surface area contributed by atoms with Crippen LogP contribution in [0.25, 0.3) is 0 Å². The molecule has 1 saturated heterocycles. The van der Waals surface area contributed by atoms with Crippen LogP contribution in [0.4, 0.5) is 8.78 Å². The molecule has 0 aliphatic carbocycles. The van der Waals surface area contributed by atoms with Gasteiger partial charge in [-0.1, -0.05) is 11.8 Å². The van der Waals surface area contributed by atoms with Crippen molar-refractivity contribution in [1.29, 1.82) is 0 Å². The Bertz CT molecular complexity index is 547. The number of hydrogen-bond acceptors (Lipinski definition) is 4. The van der Waals surface area contributed by atoms with Crippen molar-refractivity contribution in [1.82, 2.24) is 9.80 Å². The molecule has 0 bridgehead atoms. The molecule has 24 heavy (non-hydrogen) atoms. The topological polar surface area (TPSA) is 43.8 Å². The summed E-state index contributed by atoms with van der Waals surface area (Å²) in [5, 5.41) is 9.93. The maximum Gasteiger partial charge on any atom is 0.288 e. The second-order valence-corrected chi connectivity index (χ2v) is 7.70. The minimum absolute atomic E-state index is 0.0753. The van der Waals surface area contributed by atoms with Crippen LogP contribution >= 0.6 is 11.8 Å². The van der Waals surface area contributed by atoms with Crippen LogP contribution in [0.1, 0.15) is 30.6 Å². The largest absolute Gasteiger partial charge is 0.389 e. The molecule has 1 aromatic rings. The van der Waals surface area contributed by atoms with E-state index in [0.29, 0.717) is 41.9 Å². The first-order valence-corrected chi connectivity index (χ1v) is 8.91. The maximum atomic E-state index is 12.6. The quantitative estimate of drug-likeness (QED) is 0.822. The summed E-state index contributed by atoms with van der Waals surface area (Å²) in [6.07, 6.45) is 0.848. The molecule has 0 unspecified atom stereocenters. The van der Waals surface area contributed by atoms with Crippen molar-refractivity contribution in [3.8, 4) is 0 Å². The first kappa shape index (κ1) is 19.1. The second-order valence-electron chi connectivity index (χ2n) is 6.64. The van der Waals surface area contributed by atoms with Gasteiger partial charge >= 0.3 is 0 Å². The van der Waals surface area contributed by atoms with Crippen LogP contribution < -0.4 is 0 Å². The van der Waals surface area contributed by atoms with E-state index in [4.69, 9.17) is 0 Å². The summed E-state index contributed by atoms with van der Waals surface area (Å²) in [4.78, 5) is 17.0. The lowest BCUT2D eigenvalue weighted by molar-refractivity contribution is 0.0374. The first-order valence-electron chi connectivity index (χ1n) is 8.03. The van der Waals surface area contributed by atoms with Crippen molar-refractivity contribution >= 4 is 17.7 Å². The Morgan fingerprint density at radius 2 is 1.88 bits per heavy atom. The van der Waals surface area contributed by atoms with Gasteiger partial charge < -0.3 is 10.0 Å². The number of thioether (sulfide) groups is 1. The van der Waals surface area contributed by atoms with Crippen molar-refractivity contribution in [3.05, 3.63) is 29.8 Å². The molecule has 1 aromatic carbocycles. The predicted octanol–water partition coefficient (Wildman–Crippen LogP) is 2.92. The van der Waals surface area contributed by atoms with Crippen LogP contribution in [0.5, 0.6) is 0 Å². The van der Waals surface area contributed by atoms with Gasteiger partial charge in [-0.2, -0.15) is 8.78 Å². The molecule has 0 aromatic heterocycles. The lowest BCUT2D eigenvalue weighted by atomic mass is 10.1. The van der Waals surface area contributed by atoms with Crippen LogP contribution in [-0.4, -0.2) is 64.9 Å². The molecule has 1 heterocycles. The molecule has 1 amide bonds. The van der Waals surface area contributed by atoms with Gasteiger partial charge in [0.1, 0.15) is 0 Å². The van der Waals surface area contributed by atoms with Gasteiger partial charge in [-0.15, -0.1) is 0 Å². The molecule has 1 aliphatic rings. The number of carbonyl (C=O) groups excluding carboxylic acids is 1. The van der Waals surface area contributed by atoms with E-state index in [1.54, 1.807) is 43.0 Å². The minimum Gasteiger partial charge on any atom is -0.389 e. The lowest BCUT2D eigenvalue weighted by Crippen LogP contribution is -2.41. The Hall–Kier alpha value is -1.18.